The second kappa shape index (κ2) is 16.2. The third-order valence-corrected chi connectivity index (χ3v) is 5.82. The van der Waals surface area contributed by atoms with Crippen molar-refractivity contribution in [3.05, 3.63) is 103 Å². The molecular formula is C32H32O9. The highest BCUT2D eigenvalue weighted by atomic mass is 16.5. The second-order valence-corrected chi connectivity index (χ2v) is 8.86. The molecule has 41 heavy (non-hydrogen) atoms. The number of esters is 4. The highest BCUT2D eigenvalue weighted by Crippen LogP contribution is 2.24. The van der Waals surface area contributed by atoms with Gasteiger partial charge in [-0.05, 0) is 92.8 Å². The molecule has 0 saturated carbocycles. The normalized spacial score (nSPS) is 12.2. The van der Waals surface area contributed by atoms with Crippen LogP contribution in [0.5, 0.6) is 17.2 Å². The predicted molar refractivity (Wildman–Crippen MR) is 150 cm³/mol. The van der Waals surface area contributed by atoms with E-state index >= 15 is 0 Å². The number of unbranched alkanes of at least 4 members (excludes halogenated alkanes) is 3. The van der Waals surface area contributed by atoms with Gasteiger partial charge in [-0.2, -0.15) is 0 Å². The summed E-state index contributed by atoms with van der Waals surface area (Å²) in [5, 5.41) is 0. The van der Waals surface area contributed by atoms with Crippen molar-refractivity contribution in [2.75, 3.05) is 13.2 Å². The van der Waals surface area contributed by atoms with E-state index in [1.54, 1.807) is 36.4 Å². The quantitative estimate of drug-likeness (QED) is 0.115. The minimum absolute atomic E-state index is 0.293. The SMILES string of the molecule is C=CC(=O)OCCCCCCOc1ccc(C(=O)Oc2ccc(OC(=O)C3=CC=C(OC(=O)C=C)CC3)cc2)cc1. The van der Waals surface area contributed by atoms with Gasteiger partial charge in [0, 0.05) is 24.1 Å². The first-order valence-corrected chi connectivity index (χ1v) is 13.2. The van der Waals surface area contributed by atoms with Gasteiger partial charge < -0.3 is 23.7 Å². The Balaban J connectivity index is 1.38. The average Bonchev–Trinajstić information content (AvgIpc) is 2.99. The summed E-state index contributed by atoms with van der Waals surface area (Å²) in [6, 6.07) is 12.8. The Kier molecular flexibility index (Phi) is 12.1. The first-order valence-electron chi connectivity index (χ1n) is 13.2. The third-order valence-electron chi connectivity index (χ3n) is 5.82. The summed E-state index contributed by atoms with van der Waals surface area (Å²) in [6.07, 6.45) is 9.60. The van der Waals surface area contributed by atoms with Gasteiger partial charge in [0.15, 0.2) is 0 Å². The van der Waals surface area contributed by atoms with E-state index in [-0.39, 0.29) is 0 Å². The molecule has 2 aromatic carbocycles. The predicted octanol–water partition coefficient (Wildman–Crippen LogP) is 5.81. The molecule has 0 heterocycles. The number of carbonyl (C=O) groups excluding carboxylic acids is 4. The van der Waals surface area contributed by atoms with E-state index in [1.165, 1.54) is 24.3 Å². The van der Waals surface area contributed by atoms with Crippen LogP contribution in [0, 0.1) is 0 Å². The summed E-state index contributed by atoms with van der Waals surface area (Å²) in [5.41, 5.74) is 0.799. The molecule has 0 fully saturated rings. The molecule has 0 bridgehead atoms. The van der Waals surface area contributed by atoms with E-state index in [9.17, 15) is 19.2 Å². The molecule has 0 aliphatic heterocycles. The molecule has 0 unspecified atom stereocenters. The van der Waals surface area contributed by atoms with Gasteiger partial charge in [-0.25, -0.2) is 19.2 Å². The zero-order chi connectivity index (χ0) is 29.5. The van der Waals surface area contributed by atoms with Crippen molar-refractivity contribution in [3.8, 4) is 17.2 Å². The van der Waals surface area contributed by atoms with Gasteiger partial charge >= 0.3 is 23.9 Å². The van der Waals surface area contributed by atoms with Crippen LogP contribution in [0.4, 0.5) is 0 Å². The number of ether oxygens (including phenoxy) is 5. The monoisotopic (exact) mass is 560 g/mol. The highest BCUT2D eigenvalue weighted by Gasteiger charge is 2.17. The molecule has 0 N–H and O–H groups in total. The smallest absolute Gasteiger partial charge is 0.343 e. The fourth-order valence-corrected chi connectivity index (χ4v) is 3.63. The molecule has 0 atom stereocenters. The standard InChI is InChI=1S/C32H32O9/c1-3-29(33)38-22-8-6-5-7-21-37-25-13-9-23(10-14-25)31(35)40-27-17-19-28(20-18-27)41-32(36)24-11-15-26(16-12-24)39-30(34)4-2/h3-4,9-11,13-15,17-20H,1-2,5-8,12,16,21-22H2. The minimum Gasteiger partial charge on any atom is -0.494 e. The van der Waals surface area contributed by atoms with Gasteiger partial charge in [-0.15, -0.1) is 0 Å². The minimum atomic E-state index is -0.552. The molecule has 1 aliphatic carbocycles. The Morgan fingerprint density at radius 1 is 0.634 bits per heavy atom. The van der Waals surface area contributed by atoms with E-state index in [2.05, 4.69) is 13.2 Å². The Hall–Kier alpha value is -4.92. The van der Waals surface area contributed by atoms with Crippen molar-refractivity contribution >= 4 is 23.9 Å². The van der Waals surface area contributed by atoms with E-state index in [1.807, 2.05) is 0 Å². The largest absolute Gasteiger partial charge is 0.494 e. The maximum Gasteiger partial charge on any atom is 0.343 e. The molecule has 214 valence electrons. The molecule has 2 aromatic rings. The number of benzene rings is 2. The van der Waals surface area contributed by atoms with Crippen LogP contribution in [0.1, 0.15) is 48.9 Å². The Morgan fingerprint density at radius 3 is 1.80 bits per heavy atom. The molecule has 0 saturated heterocycles. The van der Waals surface area contributed by atoms with Crippen molar-refractivity contribution in [2.24, 2.45) is 0 Å². The summed E-state index contributed by atoms with van der Waals surface area (Å²) in [4.78, 5) is 47.2. The number of rotatable bonds is 15. The summed E-state index contributed by atoms with van der Waals surface area (Å²) in [5.74, 6) is -0.331. The molecule has 0 radical (unpaired) electrons. The van der Waals surface area contributed by atoms with E-state index in [0.29, 0.717) is 60.2 Å². The Morgan fingerprint density at radius 2 is 1.22 bits per heavy atom. The molecule has 9 heteroatoms. The van der Waals surface area contributed by atoms with Crippen LogP contribution in [-0.4, -0.2) is 37.1 Å². The fourth-order valence-electron chi connectivity index (χ4n) is 3.63. The lowest BCUT2D eigenvalue weighted by molar-refractivity contribution is -0.138. The topological polar surface area (TPSA) is 114 Å². The average molecular weight is 561 g/mol. The Labute approximate surface area is 238 Å². The molecule has 1 aliphatic rings. The van der Waals surface area contributed by atoms with Crippen LogP contribution in [0.25, 0.3) is 0 Å². The molecule has 9 nitrogen and oxygen atoms in total. The maximum absolute atomic E-state index is 12.5. The van der Waals surface area contributed by atoms with E-state index < -0.39 is 23.9 Å². The highest BCUT2D eigenvalue weighted by molar-refractivity contribution is 5.92. The van der Waals surface area contributed by atoms with Crippen LogP contribution in [0.15, 0.2) is 97.3 Å². The lowest BCUT2D eigenvalue weighted by Gasteiger charge is -2.13. The van der Waals surface area contributed by atoms with Crippen molar-refractivity contribution in [3.63, 3.8) is 0 Å². The third kappa shape index (κ3) is 10.6. The number of hydrogen-bond acceptors (Lipinski definition) is 9. The summed E-state index contributed by atoms with van der Waals surface area (Å²) in [7, 11) is 0. The Bertz CT molecular complexity index is 1300. The summed E-state index contributed by atoms with van der Waals surface area (Å²) in [6.45, 7) is 7.62. The van der Waals surface area contributed by atoms with Gasteiger partial charge in [-0.1, -0.05) is 13.2 Å². The summed E-state index contributed by atoms with van der Waals surface area (Å²) < 4.78 is 26.5. The number of carbonyl (C=O) groups is 4. The van der Waals surface area contributed by atoms with Crippen molar-refractivity contribution < 1.29 is 42.9 Å². The molecule has 3 rings (SSSR count). The van der Waals surface area contributed by atoms with Gasteiger partial charge in [0.05, 0.1) is 18.8 Å². The van der Waals surface area contributed by atoms with Gasteiger partial charge in [0.25, 0.3) is 0 Å². The number of hydrogen-bond donors (Lipinski definition) is 0. The van der Waals surface area contributed by atoms with Crippen molar-refractivity contribution in [1.29, 1.82) is 0 Å². The van der Waals surface area contributed by atoms with Crippen LogP contribution in [0.3, 0.4) is 0 Å². The molecule has 0 spiro atoms. The van der Waals surface area contributed by atoms with E-state index in [4.69, 9.17) is 23.7 Å². The fraction of sp³-hybridized carbons (Fsp3) is 0.250. The maximum atomic E-state index is 12.5. The molecular weight excluding hydrogens is 528 g/mol. The molecule has 0 amide bonds. The molecule has 0 aromatic heterocycles. The first-order chi connectivity index (χ1) is 19.9. The first kappa shape index (κ1) is 30.6. The zero-order valence-electron chi connectivity index (χ0n) is 22.7. The lowest BCUT2D eigenvalue weighted by Crippen LogP contribution is -2.14. The van der Waals surface area contributed by atoms with Gasteiger partial charge in [-0.3, -0.25) is 0 Å². The van der Waals surface area contributed by atoms with E-state index in [0.717, 1.165) is 37.8 Å². The number of allylic oxidation sites excluding steroid dienone is 3. The van der Waals surface area contributed by atoms with Crippen LogP contribution in [-0.2, 0) is 23.9 Å². The zero-order valence-corrected chi connectivity index (χ0v) is 22.7. The summed E-state index contributed by atoms with van der Waals surface area (Å²) >= 11 is 0. The second-order valence-electron chi connectivity index (χ2n) is 8.86. The van der Waals surface area contributed by atoms with Gasteiger partial charge in [0.2, 0.25) is 0 Å². The van der Waals surface area contributed by atoms with Gasteiger partial charge in [0.1, 0.15) is 23.0 Å². The van der Waals surface area contributed by atoms with Crippen LogP contribution < -0.4 is 14.2 Å². The van der Waals surface area contributed by atoms with Crippen LogP contribution >= 0.6 is 0 Å². The van der Waals surface area contributed by atoms with Crippen molar-refractivity contribution in [1.82, 2.24) is 0 Å². The van der Waals surface area contributed by atoms with Crippen molar-refractivity contribution in [2.45, 2.75) is 38.5 Å². The lowest BCUT2D eigenvalue weighted by atomic mass is 10.0. The van der Waals surface area contributed by atoms with Crippen LogP contribution in [0.2, 0.25) is 0 Å².